The molecule has 0 saturated heterocycles. The Morgan fingerprint density at radius 2 is 2.06 bits per heavy atom. The van der Waals surface area contributed by atoms with Gasteiger partial charge in [0.2, 0.25) is 0 Å². The van der Waals surface area contributed by atoms with E-state index in [1.165, 1.54) is 21.5 Å². The molecule has 3 rings (SSSR count). The maximum Gasteiger partial charge on any atom is 0.195 e. The molecule has 2 heterocycles. The van der Waals surface area contributed by atoms with Gasteiger partial charge in [-0.1, -0.05) is 29.0 Å². The van der Waals surface area contributed by atoms with E-state index >= 15 is 0 Å². The molecule has 0 radical (unpaired) electrons. The van der Waals surface area contributed by atoms with Crippen LogP contribution in [-0.2, 0) is 0 Å². The second-order valence-electron chi connectivity index (χ2n) is 4.49. The first-order chi connectivity index (χ1) is 8.16. The summed E-state index contributed by atoms with van der Waals surface area (Å²) in [6, 6.07) is 8.46. The predicted molar refractivity (Wildman–Crippen MR) is 74.6 cm³/mol. The molecular formula is C14H14N2S. The van der Waals surface area contributed by atoms with Crippen molar-refractivity contribution in [2.75, 3.05) is 0 Å². The minimum Gasteiger partial charge on any atom is -0.283 e. The average Bonchev–Trinajstić information content (AvgIpc) is 2.75. The Balaban J connectivity index is 2.47. The van der Waals surface area contributed by atoms with E-state index in [4.69, 9.17) is 0 Å². The summed E-state index contributed by atoms with van der Waals surface area (Å²) in [4.78, 5) is 5.72. The number of benzene rings is 1. The molecule has 3 aromatic rings. The quantitative estimate of drug-likeness (QED) is 0.622. The van der Waals surface area contributed by atoms with Gasteiger partial charge >= 0.3 is 0 Å². The van der Waals surface area contributed by atoms with Gasteiger partial charge in [0.25, 0.3) is 0 Å². The second-order valence-corrected chi connectivity index (χ2v) is 5.50. The van der Waals surface area contributed by atoms with Crippen LogP contribution in [0.1, 0.15) is 25.2 Å². The van der Waals surface area contributed by atoms with Crippen LogP contribution in [0.15, 0.2) is 29.8 Å². The predicted octanol–water partition coefficient (Wildman–Crippen LogP) is 4.28. The lowest BCUT2D eigenvalue weighted by Gasteiger charge is -1.97. The lowest BCUT2D eigenvalue weighted by atomic mass is 10.2. The summed E-state index contributed by atoms with van der Waals surface area (Å²) in [6.45, 7) is 6.31. The van der Waals surface area contributed by atoms with Crippen molar-refractivity contribution < 1.29 is 0 Å². The van der Waals surface area contributed by atoms with Crippen molar-refractivity contribution >= 4 is 32.6 Å². The molecule has 0 amide bonds. The number of hydrogen-bond donors (Lipinski definition) is 0. The Morgan fingerprint density at radius 1 is 1.29 bits per heavy atom. The molecule has 2 nitrogen and oxygen atoms in total. The standard InChI is InChI=1S/C14H14N2S/c1-9(2)8-12-10(3)15-14-16(12)11-6-4-5-7-13(11)17-14/h4-8H,1-3H3. The summed E-state index contributed by atoms with van der Waals surface area (Å²) in [5.41, 5.74) is 4.85. The Kier molecular flexibility index (Phi) is 2.30. The van der Waals surface area contributed by atoms with Gasteiger partial charge in [-0.15, -0.1) is 0 Å². The van der Waals surface area contributed by atoms with Crippen molar-refractivity contribution in [1.29, 1.82) is 0 Å². The van der Waals surface area contributed by atoms with E-state index in [2.05, 4.69) is 60.5 Å². The Labute approximate surface area is 104 Å². The van der Waals surface area contributed by atoms with Crippen LogP contribution < -0.4 is 0 Å². The minimum absolute atomic E-state index is 1.08. The number of aryl methyl sites for hydroxylation is 1. The highest BCUT2D eigenvalue weighted by Crippen LogP contribution is 2.29. The van der Waals surface area contributed by atoms with E-state index in [-0.39, 0.29) is 0 Å². The highest BCUT2D eigenvalue weighted by Gasteiger charge is 2.11. The fraction of sp³-hybridized carbons (Fsp3) is 0.214. The Morgan fingerprint density at radius 3 is 2.82 bits per heavy atom. The van der Waals surface area contributed by atoms with Gasteiger partial charge in [0.05, 0.1) is 21.6 Å². The summed E-state index contributed by atoms with van der Waals surface area (Å²) >= 11 is 1.75. The zero-order valence-corrected chi connectivity index (χ0v) is 11.0. The summed E-state index contributed by atoms with van der Waals surface area (Å²) in [6.07, 6.45) is 2.20. The molecule has 0 N–H and O–H groups in total. The number of nitrogens with zero attached hydrogens (tertiary/aromatic N) is 2. The van der Waals surface area contributed by atoms with Crippen LogP contribution in [0.4, 0.5) is 0 Å². The highest BCUT2D eigenvalue weighted by atomic mass is 32.1. The molecule has 1 aromatic carbocycles. The van der Waals surface area contributed by atoms with Gasteiger partial charge in [-0.05, 0) is 39.0 Å². The van der Waals surface area contributed by atoms with E-state index in [1.807, 2.05) is 0 Å². The van der Waals surface area contributed by atoms with E-state index in [1.54, 1.807) is 11.3 Å². The number of imidazole rings is 1. The maximum absolute atomic E-state index is 4.64. The van der Waals surface area contributed by atoms with Crippen LogP contribution in [-0.4, -0.2) is 9.38 Å². The van der Waals surface area contributed by atoms with Gasteiger partial charge in [0.1, 0.15) is 0 Å². The fourth-order valence-corrected chi connectivity index (χ4v) is 3.16. The van der Waals surface area contributed by atoms with Crippen molar-refractivity contribution in [3.05, 3.63) is 41.2 Å². The molecule has 0 fully saturated rings. The summed E-state index contributed by atoms with van der Waals surface area (Å²) < 4.78 is 3.54. The molecule has 0 aliphatic rings. The van der Waals surface area contributed by atoms with Gasteiger partial charge in [-0.3, -0.25) is 4.40 Å². The van der Waals surface area contributed by atoms with Crippen LogP contribution in [0.5, 0.6) is 0 Å². The van der Waals surface area contributed by atoms with Crippen LogP contribution in [0.2, 0.25) is 0 Å². The maximum atomic E-state index is 4.64. The average molecular weight is 242 g/mol. The van der Waals surface area contributed by atoms with E-state index in [0.29, 0.717) is 0 Å². The monoisotopic (exact) mass is 242 g/mol. The Bertz CT molecular complexity index is 727. The normalized spacial score (nSPS) is 11.2. The van der Waals surface area contributed by atoms with Gasteiger partial charge in [-0.25, -0.2) is 4.98 Å². The molecule has 17 heavy (non-hydrogen) atoms. The number of aromatic nitrogens is 2. The fourth-order valence-electron chi connectivity index (χ4n) is 2.09. The zero-order valence-electron chi connectivity index (χ0n) is 10.2. The van der Waals surface area contributed by atoms with Crippen molar-refractivity contribution in [1.82, 2.24) is 9.38 Å². The third kappa shape index (κ3) is 1.58. The van der Waals surface area contributed by atoms with Crippen LogP contribution >= 0.6 is 11.3 Å². The topological polar surface area (TPSA) is 17.3 Å². The lowest BCUT2D eigenvalue weighted by molar-refractivity contribution is 1.23. The lowest BCUT2D eigenvalue weighted by Crippen LogP contribution is -1.86. The molecule has 3 heteroatoms. The summed E-state index contributed by atoms with van der Waals surface area (Å²) in [5, 5.41) is 0. The largest absolute Gasteiger partial charge is 0.283 e. The minimum atomic E-state index is 1.08. The number of hydrogen-bond acceptors (Lipinski definition) is 2. The number of fused-ring (bicyclic) bond motifs is 3. The van der Waals surface area contributed by atoms with Crippen LogP contribution in [0.3, 0.4) is 0 Å². The number of para-hydroxylation sites is 1. The van der Waals surface area contributed by atoms with Crippen molar-refractivity contribution in [2.24, 2.45) is 0 Å². The number of thiazole rings is 1. The molecule has 0 unspecified atom stereocenters. The smallest absolute Gasteiger partial charge is 0.195 e. The SMILES string of the molecule is CC(C)=Cc1c(C)nc2sc3ccccc3n12. The molecule has 0 spiro atoms. The highest BCUT2D eigenvalue weighted by molar-refractivity contribution is 7.23. The summed E-state index contributed by atoms with van der Waals surface area (Å²) in [7, 11) is 0. The molecular weight excluding hydrogens is 228 g/mol. The van der Waals surface area contributed by atoms with Crippen molar-refractivity contribution in [3.8, 4) is 0 Å². The second kappa shape index (κ2) is 3.70. The molecule has 0 aliphatic carbocycles. The van der Waals surface area contributed by atoms with E-state index in [0.717, 1.165) is 10.7 Å². The molecule has 0 atom stereocenters. The molecule has 0 aliphatic heterocycles. The molecule has 86 valence electrons. The van der Waals surface area contributed by atoms with E-state index in [9.17, 15) is 0 Å². The van der Waals surface area contributed by atoms with Gasteiger partial charge in [0, 0.05) is 0 Å². The van der Waals surface area contributed by atoms with E-state index < -0.39 is 0 Å². The van der Waals surface area contributed by atoms with Gasteiger partial charge in [0.15, 0.2) is 4.96 Å². The number of rotatable bonds is 1. The Hall–Kier alpha value is -1.61. The number of allylic oxidation sites excluding steroid dienone is 1. The van der Waals surface area contributed by atoms with Crippen LogP contribution in [0, 0.1) is 6.92 Å². The third-order valence-corrected chi connectivity index (χ3v) is 3.82. The summed E-state index contributed by atoms with van der Waals surface area (Å²) in [5.74, 6) is 0. The first-order valence-corrected chi connectivity index (χ1v) is 6.50. The first kappa shape index (κ1) is 10.5. The van der Waals surface area contributed by atoms with Gasteiger partial charge in [-0.2, -0.15) is 0 Å². The van der Waals surface area contributed by atoms with Gasteiger partial charge < -0.3 is 0 Å². The van der Waals surface area contributed by atoms with Crippen molar-refractivity contribution in [3.63, 3.8) is 0 Å². The first-order valence-electron chi connectivity index (χ1n) is 5.68. The van der Waals surface area contributed by atoms with Crippen LogP contribution in [0.25, 0.3) is 21.3 Å². The van der Waals surface area contributed by atoms with Crippen molar-refractivity contribution in [2.45, 2.75) is 20.8 Å². The molecule has 2 aromatic heterocycles. The third-order valence-electron chi connectivity index (χ3n) is 2.80. The molecule has 0 saturated carbocycles. The molecule has 0 bridgehead atoms. The zero-order chi connectivity index (χ0) is 12.0.